The molecule has 4 saturated heterocycles. The first-order chi connectivity index (χ1) is 30.8. The largest absolute Gasteiger partial charge is 0.391 e. The molecule has 4 aromatic heterocycles. The van der Waals surface area contributed by atoms with Crippen molar-refractivity contribution in [2.45, 2.75) is 70.0 Å². The summed E-state index contributed by atoms with van der Waals surface area (Å²) < 4.78 is 38.8. The molecule has 1 atom stereocenters. The number of thiophene rings is 2. The molecule has 1 N–H and O–H groups in total. The van der Waals surface area contributed by atoms with Crippen LogP contribution in [0.2, 0.25) is 0 Å². The molecule has 0 bridgehead atoms. The quantitative estimate of drug-likeness (QED) is 0.128. The number of piperidine rings is 3. The molecular weight excluding hydrogens is 836 g/mol. The van der Waals surface area contributed by atoms with Crippen molar-refractivity contribution < 1.29 is 13.2 Å². The molecule has 9 nitrogen and oxygen atoms in total. The molecule has 4 aliphatic heterocycles. The van der Waals surface area contributed by atoms with Gasteiger partial charge in [0, 0.05) is 60.7 Å². The summed E-state index contributed by atoms with van der Waals surface area (Å²) >= 11 is 3.37. The van der Waals surface area contributed by atoms with E-state index in [-0.39, 0.29) is 12.8 Å². The lowest BCUT2D eigenvalue weighted by Crippen LogP contribution is -2.43. The molecule has 14 heteroatoms. The van der Waals surface area contributed by atoms with Gasteiger partial charge in [0.1, 0.15) is 34.0 Å². The van der Waals surface area contributed by atoms with Gasteiger partial charge in [-0.1, -0.05) is 60.7 Å². The monoisotopic (exact) mass is 895 g/mol. The number of hydrogen-bond donors (Lipinski definition) is 1. The van der Waals surface area contributed by atoms with Gasteiger partial charge in [0.25, 0.3) is 0 Å². The van der Waals surface area contributed by atoms with Crippen LogP contribution in [-0.2, 0) is 0 Å². The number of hydrogen-bond acceptors (Lipinski definition) is 11. The molecule has 6 aromatic rings. The highest BCUT2D eigenvalue weighted by Crippen LogP contribution is 2.41. The predicted molar refractivity (Wildman–Crippen MR) is 254 cm³/mol. The number of aromatic nitrogens is 4. The molecule has 0 unspecified atom stereocenters. The van der Waals surface area contributed by atoms with Gasteiger partial charge in [0.2, 0.25) is 0 Å². The fourth-order valence-electron chi connectivity index (χ4n) is 10.3. The molecule has 4 aliphatic rings. The minimum atomic E-state index is -4.04. The summed E-state index contributed by atoms with van der Waals surface area (Å²) in [4.78, 5) is 30.1. The second-order valence-corrected chi connectivity index (χ2v) is 19.7. The van der Waals surface area contributed by atoms with Crippen molar-refractivity contribution in [2.75, 3.05) is 82.3 Å². The Balaban J connectivity index is 0.000000160. The smallest absolute Gasteiger partial charge is 0.356 e. The average Bonchev–Trinajstić information content (AvgIpc) is 4.08. The van der Waals surface area contributed by atoms with E-state index in [0.717, 1.165) is 97.3 Å². The lowest BCUT2D eigenvalue weighted by atomic mass is 9.92. The van der Waals surface area contributed by atoms with E-state index in [1.54, 1.807) is 35.3 Å². The first-order valence-electron chi connectivity index (χ1n) is 23.0. The van der Waals surface area contributed by atoms with Crippen LogP contribution in [0.5, 0.6) is 0 Å². The molecule has 0 radical (unpaired) electrons. The summed E-state index contributed by atoms with van der Waals surface area (Å²) in [5.74, 6) is 2.29. The van der Waals surface area contributed by atoms with Gasteiger partial charge in [-0.25, -0.2) is 19.9 Å². The van der Waals surface area contributed by atoms with Gasteiger partial charge in [0.15, 0.2) is 0 Å². The van der Waals surface area contributed by atoms with Gasteiger partial charge in [-0.3, -0.25) is 0 Å². The van der Waals surface area contributed by atoms with Crippen LogP contribution in [0.3, 0.4) is 0 Å². The van der Waals surface area contributed by atoms with Crippen molar-refractivity contribution in [3.63, 3.8) is 0 Å². The van der Waals surface area contributed by atoms with E-state index in [4.69, 9.17) is 4.98 Å². The zero-order valence-corrected chi connectivity index (χ0v) is 38.0. The lowest BCUT2D eigenvalue weighted by molar-refractivity contribution is -0.185. The van der Waals surface area contributed by atoms with E-state index in [2.05, 4.69) is 100 Å². The van der Waals surface area contributed by atoms with Crippen molar-refractivity contribution in [3.8, 4) is 22.3 Å². The first-order valence-corrected chi connectivity index (χ1v) is 24.8. The fourth-order valence-corrected chi connectivity index (χ4v) is 12.1. The minimum Gasteiger partial charge on any atom is -0.356 e. The van der Waals surface area contributed by atoms with Crippen LogP contribution in [0.25, 0.3) is 42.7 Å². The maximum absolute atomic E-state index is 12.9. The summed E-state index contributed by atoms with van der Waals surface area (Å²) in [5.41, 5.74) is 4.86. The van der Waals surface area contributed by atoms with E-state index in [1.807, 2.05) is 18.2 Å². The van der Waals surface area contributed by atoms with Crippen LogP contribution >= 0.6 is 22.7 Å². The molecule has 0 aliphatic carbocycles. The molecule has 334 valence electrons. The molecule has 63 heavy (non-hydrogen) atoms. The fraction of sp³-hybridized carbons (Fsp3) is 0.510. The Morgan fingerprint density at radius 3 is 1.65 bits per heavy atom. The summed E-state index contributed by atoms with van der Waals surface area (Å²) in [6, 6.07) is 21.8. The van der Waals surface area contributed by atoms with Crippen molar-refractivity contribution in [3.05, 3.63) is 84.1 Å². The van der Waals surface area contributed by atoms with E-state index >= 15 is 0 Å². The van der Waals surface area contributed by atoms with Crippen molar-refractivity contribution >= 4 is 54.7 Å². The molecule has 0 spiro atoms. The number of benzene rings is 2. The number of nitrogens with one attached hydrogen (secondary N) is 1. The van der Waals surface area contributed by atoms with E-state index in [9.17, 15) is 13.2 Å². The van der Waals surface area contributed by atoms with Crippen molar-refractivity contribution in [1.29, 1.82) is 0 Å². The summed E-state index contributed by atoms with van der Waals surface area (Å²) in [5, 5.41) is 10.5. The molecule has 0 amide bonds. The summed E-state index contributed by atoms with van der Waals surface area (Å²) in [6.45, 7) is 9.59. The number of fused-ring (bicyclic) bond motifs is 2. The van der Waals surface area contributed by atoms with Gasteiger partial charge in [-0.15, -0.1) is 22.7 Å². The molecule has 2 aromatic carbocycles. The molecule has 10 rings (SSSR count). The summed E-state index contributed by atoms with van der Waals surface area (Å²) in [6.07, 6.45) is 8.38. The van der Waals surface area contributed by atoms with E-state index in [0.29, 0.717) is 19.0 Å². The SMILES string of the molecule is CN1CCC[C@H]1CCNCC1CCN(c2ncnc3scc(-c4ccccc4)c23)CC1.FC(F)(F)C1CCN(CC2CCN(c3ncnc4scc(-c5ccccc5)c34)CC2)CC1. The Bertz CT molecular complexity index is 2350. The van der Waals surface area contributed by atoms with Gasteiger partial charge in [0.05, 0.1) is 16.7 Å². The average molecular weight is 896 g/mol. The Morgan fingerprint density at radius 2 is 1.16 bits per heavy atom. The van der Waals surface area contributed by atoms with Crippen LogP contribution < -0.4 is 15.1 Å². The second-order valence-electron chi connectivity index (χ2n) is 18.0. The zero-order chi connectivity index (χ0) is 43.2. The van der Waals surface area contributed by atoms with Crippen molar-refractivity contribution in [2.24, 2.45) is 17.8 Å². The Hall–Kier alpha value is -4.21. The highest BCUT2D eigenvalue weighted by Gasteiger charge is 2.41. The van der Waals surface area contributed by atoms with Crippen LogP contribution in [0.15, 0.2) is 84.1 Å². The number of rotatable bonds is 11. The molecule has 8 heterocycles. The second kappa shape index (κ2) is 20.3. The predicted octanol–water partition coefficient (Wildman–Crippen LogP) is 10.5. The number of halogens is 3. The van der Waals surface area contributed by atoms with Gasteiger partial charge < -0.3 is 24.9 Å². The Morgan fingerprint density at radius 1 is 0.635 bits per heavy atom. The maximum Gasteiger partial charge on any atom is 0.391 e. The van der Waals surface area contributed by atoms with Crippen LogP contribution in [0, 0.1) is 17.8 Å². The number of nitrogens with zero attached hydrogens (tertiary/aromatic N) is 8. The Kier molecular flexibility index (Phi) is 14.2. The normalized spacial score (nSPS) is 20.2. The molecule has 4 fully saturated rings. The van der Waals surface area contributed by atoms with E-state index in [1.165, 1.54) is 66.3 Å². The van der Waals surface area contributed by atoms with Crippen LogP contribution in [-0.4, -0.2) is 114 Å². The standard InChI is InChI=1S/C25H33N5S.C24H27F3N4S/c1-29-13-5-8-21(29)9-12-26-16-19-10-14-30(15-11-19)24-23-22(20-6-3-2-4-7-20)17-31-25(23)28-18-27-24;25-24(26,27)19-8-10-30(11-9-19)14-17-6-12-31(13-7-17)22-21-20(18-4-2-1-3-5-18)15-32-23(21)29-16-28-22/h2-4,6-7,17-19,21,26H,5,8-16H2,1H3;1-5,15-17,19H,6-14H2/t21-;/m0./s1. The third-order valence-electron chi connectivity index (χ3n) is 14.0. The zero-order valence-electron chi connectivity index (χ0n) is 36.4. The van der Waals surface area contributed by atoms with Crippen molar-refractivity contribution in [1.82, 2.24) is 35.1 Å². The van der Waals surface area contributed by atoms with Crippen LogP contribution in [0.4, 0.5) is 24.8 Å². The molecule has 0 saturated carbocycles. The minimum absolute atomic E-state index is 0.238. The van der Waals surface area contributed by atoms with Crippen LogP contribution in [0.1, 0.15) is 57.8 Å². The highest BCUT2D eigenvalue weighted by atomic mass is 32.1. The van der Waals surface area contributed by atoms with Gasteiger partial charge in [-0.2, -0.15) is 13.2 Å². The number of likely N-dealkylation sites (tertiary alicyclic amines) is 2. The summed E-state index contributed by atoms with van der Waals surface area (Å²) in [7, 11) is 2.27. The van der Waals surface area contributed by atoms with E-state index < -0.39 is 12.1 Å². The highest BCUT2D eigenvalue weighted by molar-refractivity contribution is 7.17. The van der Waals surface area contributed by atoms with Gasteiger partial charge >= 0.3 is 6.18 Å². The first kappa shape index (κ1) is 44.0. The topological polar surface area (TPSA) is 76.6 Å². The number of alkyl halides is 3. The molecular formula is C49H60F3N9S2. The Labute approximate surface area is 377 Å². The third kappa shape index (κ3) is 10.5. The third-order valence-corrected chi connectivity index (χ3v) is 15.8. The van der Waals surface area contributed by atoms with Gasteiger partial charge in [-0.05, 0) is 121 Å². The number of anilines is 2. The lowest BCUT2D eigenvalue weighted by Gasteiger charge is -2.38. The maximum atomic E-state index is 12.9.